The number of rotatable bonds is 3. The van der Waals surface area contributed by atoms with Crippen LogP contribution in [0.25, 0.3) is 0 Å². The van der Waals surface area contributed by atoms with E-state index in [2.05, 4.69) is 38.1 Å². The van der Waals surface area contributed by atoms with Gasteiger partial charge in [-0.2, -0.15) is 0 Å². The Morgan fingerprint density at radius 2 is 1.87 bits per heavy atom. The molecule has 2 rings (SSSR count). The normalized spacial score (nSPS) is 18.9. The van der Waals surface area contributed by atoms with Crippen LogP contribution in [-0.2, 0) is 16.0 Å². The third-order valence-corrected chi connectivity index (χ3v) is 3.21. The van der Waals surface area contributed by atoms with Gasteiger partial charge in [0.15, 0.2) is 0 Å². The molecule has 0 amide bonds. The summed E-state index contributed by atoms with van der Waals surface area (Å²) in [6.07, 6.45) is 1.13. The standard InChI is InChI=1S/C13H17ClO/c1-10(2)7-11-3-5-12(6-4-11)13(14)8-15-9-13/h3-6,10H,7-9H2,1-2H3. The Labute approximate surface area is 96.4 Å². The highest BCUT2D eigenvalue weighted by Crippen LogP contribution is 2.36. The Morgan fingerprint density at radius 3 is 2.27 bits per heavy atom. The zero-order chi connectivity index (χ0) is 10.9. The zero-order valence-corrected chi connectivity index (χ0v) is 10.1. The maximum Gasteiger partial charge on any atom is 0.116 e. The third-order valence-electron chi connectivity index (χ3n) is 2.78. The van der Waals surface area contributed by atoms with E-state index in [0.717, 1.165) is 6.42 Å². The van der Waals surface area contributed by atoms with E-state index in [-0.39, 0.29) is 4.87 Å². The lowest BCUT2D eigenvalue weighted by Gasteiger charge is -2.36. The minimum absolute atomic E-state index is 0.254. The van der Waals surface area contributed by atoms with Crippen molar-refractivity contribution < 1.29 is 4.74 Å². The quantitative estimate of drug-likeness (QED) is 0.716. The number of halogens is 1. The van der Waals surface area contributed by atoms with E-state index < -0.39 is 0 Å². The van der Waals surface area contributed by atoms with E-state index in [0.29, 0.717) is 19.1 Å². The number of hydrogen-bond acceptors (Lipinski definition) is 1. The van der Waals surface area contributed by atoms with Gasteiger partial charge in [-0.15, -0.1) is 11.6 Å². The van der Waals surface area contributed by atoms with Crippen LogP contribution in [0.15, 0.2) is 24.3 Å². The molecule has 0 spiro atoms. The molecule has 0 atom stereocenters. The second kappa shape index (κ2) is 4.15. The van der Waals surface area contributed by atoms with Crippen LogP contribution in [0, 0.1) is 5.92 Å². The van der Waals surface area contributed by atoms with Gasteiger partial charge in [-0.1, -0.05) is 38.1 Å². The van der Waals surface area contributed by atoms with Crippen LogP contribution >= 0.6 is 11.6 Å². The minimum Gasteiger partial charge on any atom is -0.377 e. The molecule has 82 valence electrons. The highest BCUT2D eigenvalue weighted by Gasteiger charge is 2.37. The van der Waals surface area contributed by atoms with Crippen LogP contribution in [-0.4, -0.2) is 13.2 Å². The molecular weight excluding hydrogens is 208 g/mol. The lowest BCUT2D eigenvalue weighted by molar-refractivity contribution is -0.0152. The average Bonchev–Trinajstić information content (AvgIpc) is 2.14. The Morgan fingerprint density at radius 1 is 1.27 bits per heavy atom. The van der Waals surface area contributed by atoms with Gasteiger partial charge in [0, 0.05) is 0 Å². The van der Waals surface area contributed by atoms with Crippen LogP contribution in [0.4, 0.5) is 0 Å². The lowest BCUT2D eigenvalue weighted by Crippen LogP contribution is -2.41. The van der Waals surface area contributed by atoms with Gasteiger partial charge in [-0.05, 0) is 23.5 Å². The van der Waals surface area contributed by atoms with Crippen molar-refractivity contribution in [3.05, 3.63) is 35.4 Å². The second-order valence-electron chi connectivity index (χ2n) is 4.75. The largest absolute Gasteiger partial charge is 0.377 e. The zero-order valence-electron chi connectivity index (χ0n) is 9.29. The fourth-order valence-electron chi connectivity index (χ4n) is 1.86. The van der Waals surface area contributed by atoms with Gasteiger partial charge < -0.3 is 4.74 Å². The first-order chi connectivity index (χ1) is 7.10. The summed E-state index contributed by atoms with van der Waals surface area (Å²) in [7, 11) is 0. The van der Waals surface area contributed by atoms with Crippen LogP contribution in [0.3, 0.4) is 0 Å². The fraction of sp³-hybridized carbons (Fsp3) is 0.538. The van der Waals surface area contributed by atoms with Gasteiger partial charge in [0.2, 0.25) is 0 Å². The van der Waals surface area contributed by atoms with Crippen molar-refractivity contribution in [1.29, 1.82) is 0 Å². The van der Waals surface area contributed by atoms with Gasteiger partial charge >= 0.3 is 0 Å². The average molecular weight is 225 g/mol. The van der Waals surface area contributed by atoms with Crippen LogP contribution < -0.4 is 0 Å². The van der Waals surface area contributed by atoms with Gasteiger partial charge in [0.1, 0.15) is 4.87 Å². The monoisotopic (exact) mass is 224 g/mol. The van der Waals surface area contributed by atoms with Gasteiger partial charge in [0.25, 0.3) is 0 Å². The molecule has 1 aromatic carbocycles. The molecular formula is C13H17ClO. The number of ether oxygens (including phenoxy) is 1. The summed E-state index contributed by atoms with van der Waals surface area (Å²) in [5, 5.41) is 0. The smallest absolute Gasteiger partial charge is 0.116 e. The van der Waals surface area contributed by atoms with Crippen molar-refractivity contribution in [2.75, 3.05) is 13.2 Å². The topological polar surface area (TPSA) is 9.23 Å². The maximum absolute atomic E-state index is 6.37. The molecule has 1 saturated heterocycles. The molecule has 1 aromatic rings. The van der Waals surface area contributed by atoms with Crippen molar-refractivity contribution in [3.63, 3.8) is 0 Å². The van der Waals surface area contributed by atoms with Crippen molar-refractivity contribution in [2.24, 2.45) is 5.92 Å². The Hall–Kier alpha value is -0.530. The van der Waals surface area contributed by atoms with E-state index in [1.165, 1.54) is 11.1 Å². The van der Waals surface area contributed by atoms with Gasteiger partial charge in [-0.25, -0.2) is 0 Å². The highest BCUT2D eigenvalue weighted by molar-refractivity contribution is 6.24. The molecule has 15 heavy (non-hydrogen) atoms. The fourth-order valence-corrected chi connectivity index (χ4v) is 2.14. The van der Waals surface area contributed by atoms with E-state index >= 15 is 0 Å². The molecule has 1 aliphatic heterocycles. The molecule has 1 fully saturated rings. The number of hydrogen-bond donors (Lipinski definition) is 0. The van der Waals surface area contributed by atoms with Crippen molar-refractivity contribution in [1.82, 2.24) is 0 Å². The molecule has 1 heterocycles. The van der Waals surface area contributed by atoms with Crippen molar-refractivity contribution >= 4 is 11.6 Å². The first-order valence-corrected chi connectivity index (χ1v) is 5.84. The molecule has 2 heteroatoms. The summed E-state index contributed by atoms with van der Waals surface area (Å²) in [6, 6.07) is 8.62. The molecule has 1 aliphatic rings. The lowest BCUT2D eigenvalue weighted by atomic mass is 9.94. The first-order valence-electron chi connectivity index (χ1n) is 5.46. The van der Waals surface area contributed by atoms with Crippen LogP contribution in [0.1, 0.15) is 25.0 Å². The second-order valence-corrected chi connectivity index (χ2v) is 5.48. The summed E-state index contributed by atoms with van der Waals surface area (Å²) in [6.45, 7) is 5.74. The van der Waals surface area contributed by atoms with E-state index in [1.807, 2.05) is 0 Å². The minimum atomic E-state index is -0.254. The molecule has 0 bridgehead atoms. The molecule has 0 unspecified atom stereocenters. The molecule has 0 radical (unpaired) electrons. The van der Waals surface area contributed by atoms with Gasteiger partial charge in [0.05, 0.1) is 13.2 Å². The predicted octanol–water partition coefficient (Wildman–Crippen LogP) is 3.35. The van der Waals surface area contributed by atoms with E-state index in [9.17, 15) is 0 Å². The van der Waals surface area contributed by atoms with Crippen molar-refractivity contribution in [2.45, 2.75) is 25.1 Å². The Balaban J connectivity index is 2.10. The summed E-state index contributed by atoms with van der Waals surface area (Å²) in [5.74, 6) is 0.702. The number of benzene rings is 1. The molecule has 1 nitrogen and oxygen atoms in total. The Kier molecular flexibility index (Phi) is 3.03. The van der Waals surface area contributed by atoms with Gasteiger partial charge in [-0.3, -0.25) is 0 Å². The molecule has 0 N–H and O–H groups in total. The summed E-state index contributed by atoms with van der Waals surface area (Å²) in [4.78, 5) is -0.254. The Bertz CT molecular complexity index is 325. The molecule has 0 aromatic heterocycles. The maximum atomic E-state index is 6.37. The predicted molar refractivity (Wildman–Crippen MR) is 63.3 cm³/mol. The van der Waals surface area contributed by atoms with Crippen LogP contribution in [0.2, 0.25) is 0 Å². The summed E-state index contributed by atoms with van der Waals surface area (Å²) < 4.78 is 5.16. The highest BCUT2D eigenvalue weighted by atomic mass is 35.5. The van der Waals surface area contributed by atoms with E-state index in [4.69, 9.17) is 16.3 Å². The van der Waals surface area contributed by atoms with E-state index in [1.54, 1.807) is 0 Å². The first kappa shape index (κ1) is 11.0. The molecule has 0 aliphatic carbocycles. The summed E-state index contributed by atoms with van der Waals surface area (Å²) >= 11 is 6.37. The van der Waals surface area contributed by atoms with Crippen LogP contribution in [0.5, 0.6) is 0 Å². The summed E-state index contributed by atoms with van der Waals surface area (Å²) in [5.41, 5.74) is 2.57. The number of alkyl halides is 1. The third kappa shape index (κ3) is 2.35. The molecule has 0 saturated carbocycles. The van der Waals surface area contributed by atoms with Crippen molar-refractivity contribution in [3.8, 4) is 0 Å². The SMILES string of the molecule is CC(C)Cc1ccc(C2(Cl)COC2)cc1.